The SMILES string of the molecule is Cn1ccnc1S(=O)(=O)C(Cc1ccc(-c2ccccc2)cc1)(C(=O)NO)S(C)(=O)=O. The summed E-state index contributed by atoms with van der Waals surface area (Å²) < 4.78 is 50.6. The van der Waals surface area contributed by atoms with E-state index in [1.54, 1.807) is 24.3 Å². The van der Waals surface area contributed by atoms with Gasteiger partial charge in [0.25, 0.3) is 9.99 Å². The fourth-order valence-electron chi connectivity index (χ4n) is 3.35. The van der Waals surface area contributed by atoms with Gasteiger partial charge in [-0.15, -0.1) is 0 Å². The molecule has 0 spiro atoms. The molecule has 0 aliphatic heterocycles. The molecule has 0 fully saturated rings. The average Bonchev–Trinajstić information content (AvgIpc) is 3.18. The van der Waals surface area contributed by atoms with Crippen LogP contribution in [0.3, 0.4) is 0 Å². The normalized spacial score (nSPS) is 14.0. The number of amides is 1. The third-order valence-corrected chi connectivity index (χ3v) is 10.2. The van der Waals surface area contributed by atoms with E-state index in [2.05, 4.69) is 4.98 Å². The van der Waals surface area contributed by atoms with E-state index in [0.29, 0.717) is 6.26 Å². The molecule has 1 aromatic heterocycles. The summed E-state index contributed by atoms with van der Waals surface area (Å²) in [5, 5.41) is 8.67. The molecule has 0 saturated heterocycles. The van der Waals surface area contributed by atoms with E-state index < -0.39 is 41.2 Å². The Balaban J connectivity index is 2.16. The molecule has 0 bridgehead atoms. The van der Waals surface area contributed by atoms with Crippen molar-refractivity contribution < 1.29 is 26.8 Å². The minimum Gasteiger partial charge on any atom is -0.325 e. The summed E-state index contributed by atoms with van der Waals surface area (Å²) >= 11 is 0. The summed E-state index contributed by atoms with van der Waals surface area (Å²) in [5.74, 6) is -1.58. The predicted octanol–water partition coefficient (Wildman–Crippen LogP) is 1.35. The summed E-state index contributed by atoms with van der Waals surface area (Å²) in [7, 11) is -8.14. The first kappa shape index (κ1) is 22.7. The maximum atomic E-state index is 13.4. The molecule has 3 aromatic rings. The molecule has 0 saturated carbocycles. The molecule has 3 rings (SSSR count). The third kappa shape index (κ3) is 3.87. The molecule has 0 radical (unpaired) electrons. The number of aryl methyl sites for hydroxylation is 1. The summed E-state index contributed by atoms with van der Waals surface area (Å²) in [5.41, 5.74) is 3.23. The first-order chi connectivity index (χ1) is 14.5. The number of carbonyl (C=O) groups excluding carboxylic acids is 1. The van der Waals surface area contributed by atoms with Crippen molar-refractivity contribution in [1.29, 1.82) is 0 Å². The van der Waals surface area contributed by atoms with Gasteiger partial charge in [-0.25, -0.2) is 27.3 Å². The lowest BCUT2D eigenvalue weighted by Gasteiger charge is -2.29. The Hall–Kier alpha value is -3.02. The highest BCUT2D eigenvalue weighted by atomic mass is 32.3. The van der Waals surface area contributed by atoms with Crippen LogP contribution in [0.2, 0.25) is 0 Å². The number of rotatable bonds is 7. The number of sulfone groups is 2. The minimum atomic E-state index is -4.89. The third-order valence-electron chi connectivity index (χ3n) is 5.00. The standard InChI is InChI=1S/C20H21N3O6S2/c1-23-13-12-21-19(23)31(28,29)20(18(24)22-25,30(2,26)27)14-15-8-10-17(11-9-15)16-6-4-3-5-7-16/h3-13,25H,14H2,1-2H3,(H,22,24). The Kier molecular flexibility index (Phi) is 6.03. The van der Waals surface area contributed by atoms with Crippen molar-refractivity contribution in [2.24, 2.45) is 7.05 Å². The number of hydrogen-bond donors (Lipinski definition) is 2. The van der Waals surface area contributed by atoms with Crippen LogP contribution in [-0.4, -0.2) is 47.8 Å². The van der Waals surface area contributed by atoms with Crippen LogP contribution >= 0.6 is 0 Å². The van der Waals surface area contributed by atoms with Crippen LogP contribution in [0.1, 0.15) is 5.56 Å². The molecule has 31 heavy (non-hydrogen) atoms. The van der Waals surface area contributed by atoms with E-state index in [9.17, 15) is 26.8 Å². The maximum Gasteiger partial charge on any atom is 0.281 e. The van der Waals surface area contributed by atoms with Gasteiger partial charge in [-0.2, -0.15) is 0 Å². The lowest BCUT2D eigenvalue weighted by Crippen LogP contribution is -2.58. The molecule has 2 N–H and O–H groups in total. The van der Waals surface area contributed by atoms with Crippen LogP contribution in [0.4, 0.5) is 0 Å². The van der Waals surface area contributed by atoms with Gasteiger partial charge >= 0.3 is 0 Å². The minimum absolute atomic E-state index is 0.270. The van der Waals surface area contributed by atoms with Gasteiger partial charge in [0.1, 0.15) is 0 Å². The Morgan fingerprint density at radius 1 is 1.03 bits per heavy atom. The van der Waals surface area contributed by atoms with E-state index in [4.69, 9.17) is 0 Å². The van der Waals surface area contributed by atoms with Gasteiger partial charge in [0.2, 0.25) is 15.0 Å². The van der Waals surface area contributed by atoms with Crippen molar-refractivity contribution in [3.63, 3.8) is 0 Å². The summed E-state index contributed by atoms with van der Waals surface area (Å²) in [4.78, 5) is 16.4. The van der Waals surface area contributed by atoms with Crippen molar-refractivity contribution in [3.8, 4) is 11.1 Å². The van der Waals surface area contributed by atoms with Crippen LogP contribution in [0.15, 0.2) is 72.1 Å². The van der Waals surface area contributed by atoms with Gasteiger partial charge in [-0.05, 0) is 16.7 Å². The number of hydroxylamine groups is 1. The van der Waals surface area contributed by atoms with Crippen LogP contribution in [0, 0.1) is 0 Å². The Labute approximate surface area is 180 Å². The second-order valence-corrected chi connectivity index (χ2v) is 11.6. The fourth-order valence-corrected chi connectivity index (χ4v) is 7.56. The molecule has 1 amide bonds. The van der Waals surface area contributed by atoms with E-state index in [0.717, 1.165) is 15.7 Å². The Bertz CT molecular complexity index is 1300. The van der Waals surface area contributed by atoms with E-state index in [1.165, 1.54) is 24.9 Å². The molecule has 1 atom stereocenters. The van der Waals surface area contributed by atoms with E-state index in [1.807, 2.05) is 30.3 Å². The van der Waals surface area contributed by atoms with Crippen LogP contribution in [0.25, 0.3) is 11.1 Å². The smallest absolute Gasteiger partial charge is 0.281 e. The van der Waals surface area contributed by atoms with Crippen LogP contribution in [-0.2, 0) is 37.9 Å². The number of carbonyl (C=O) groups is 1. The van der Waals surface area contributed by atoms with E-state index >= 15 is 0 Å². The zero-order chi connectivity index (χ0) is 22.9. The molecular formula is C20H21N3O6S2. The molecule has 9 nitrogen and oxygen atoms in total. The quantitative estimate of drug-likeness (QED) is 0.399. The van der Waals surface area contributed by atoms with Crippen molar-refractivity contribution in [1.82, 2.24) is 15.0 Å². The largest absolute Gasteiger partial charge is 0.325 e. The monoisotopic (exact) mass is 463 g/mol. The van der Waals surface area contributed by atoms with Crippen LogP contribution < -0.4 is 5.48 Å². The van der Waals surface area contributed by atoms with Crippen molar-refractivity contribution in [3.05, 3.63) is 72.6 Å². The summed E-state index contributed by atoms with van der Waals surface area (Å²) in [6, 6.07) is 15.9. The summed E-state index contributed by atoms with van der Waals surface area (Å²) in [6.07, 6.45) is 2.40. The highest BCUT2D eigenvalue weighted by molar-refractivity contribution is 8.11. The highest BCUT2D eigenvalue weighted by Crippen LogP contribution is 2.34. The fraction of sp³-hybridized carbons (Fsp3) is 0.200. The van der Waals surface area contributed by atoms with Gasteiger partial charge in [0, 0.05) is 32.1 Å². The number of hydrogen-bond acceptors (Lipinski definition) is 7. The maximum absolute atomic E-state index is 13.4. The van der Waals surface area contributed by atoms with Gasteiger partial charge in [-0.3, -0.25) is 10.0 Å². The topological polar surface area (TPSA) is 135 Å². The Morgan fingerprint density at radius 2 is 1.61 bits per heavy atom. The zero-order valence-electron chi connectivity index (χ0n) is 16.8. The van der Waals surface area contributed by atoms with Gasteiger partial charge in [-0.1, -0.05) is 54.6 Å². The van der Waals surface area contributed by atoms with Crippen molar-refractivity contribution in [2.75, 3.05) is 6.26 Å². The highest BCUT2D eigenvalue weighted by Gasteiger charge is 2.61. The molecule has 11 heteroatoms. The first-order valence-electron chi connectivity index (χ1n) is 9.05. The first-order valence-corrected chi connectivity index (χ1v) is 12.4. The van der Waals surface area contributed by atoms with Gasteiger partial charge in [0.15, 0.2) is 9.84 Å². The molecule has 2 aromatic carbocycles. The number of nitrogens with zero attached hydrogens (tertiary/aromatic N) is 2. The Morgan fingerprint density at radius 3 is 2.10 bits per heavy atom. The lowest BCUT2D eigenvalue weighted by molar-refractivity contribution is -0.129. The van der Waals surface area contributed by atoms with E-state index in [-0.39, 0.29) is 5.56 Å². The number of nitrogens with one attached hydrogen (secondary N) is 1. The molecule has 0 aliphatic carbocycles. The molecule has 164 valence electrons. The van der Waals surface area contributed by atoms with Crippen molar-refractivity contribution >= 4 is 25.6 Å². The molecular weight excluding hydrogens is 442 g/mol. The molecule has 1 heterocycles. The lowest BCUT2D eigenvalue weighted by atomic mass is 10.0. The number of aromatic nitrogens is 2. The van der Waals surface area contributed by atoms with Crippen molar-refractivity contribution in [2.45, 2.75) is 15.7 Å². The summed E-state index contributed by atoms with van der Waals surface area (Å²) in [6.45, 7) is 0. The zero-order valence-corrected chi connectivity index (χ0v) is 18.4. The number of benzene rings is 2. The predicted molar refractivity (Wildman–Crippen MR) is 113 cm³/mol. The van der Waals surface area contributed by atoms with Gasteiger partial charge in [0.05, 0.1) is 0 Å². The number of imidazole rings is 1. The van der Waals surface area contributed by atoms with Crippen LogP contribution in [0.5, 0.6) is 0 Å². The van der Waals surface area contributed by atoms with Gasteiger partial charge < -0.3 is 4.57 Å². The molecule has 1 unspecified atom stereocenters. The average molecular weight is 464 g/mol. The second-order valence-electron chi connectivity index (χ2n) is 7.03. The second kappa shape index (κ2) is 8.25. The molecule has 0 aliphatic rings.